The minimum absolute atomic E-state index is 0.351. The average molecular weight is 450 g/mol. The minimum atomic E-state index is -0.354. The van der Waals surface area contributed by atoms with E-state index in [9.17, 15) is 4.79 Å². The summed E-state index contributed by atoms with van der Waals surface area (Å²) in [6.07, 6.45) is 0. The van der Waals surface area contributed by atoms with Crippen LogP contribution in [0.15, 0.2) is 42.5 Å². The molecule has 33 heavy (non-hydrogen) atoms. The van der Waals surface area contributed by atoms with E-state index in [4.69, 9.17) is 18.9 Å². The summed E-state index contributed by atoms with van der Waals surface area (Å²) < 4.78 is 23.5. The van der Waals surface area contributed by atoms with Crippen LogP contribution in [0, 0.1) is 0 Å². The number of aryl methyl sites for hydroxylation is 1. The molecule has 0 radical (unpaired) electrons. The van der Waals surface area contributed by atoms with Crippen molar-refractivity contribution in [1.82, 2.24) is 14.8 Å². The molecule has 1 amide bonds. The third kappa shape index (κ3) is 4.05. The third-order valence-corrected chi connectivity index (χ3v) is 5.45. The maximum absolute atomic E-state index is 12.9. The lowest BCUT2D eigenvalue weighted by Gasteiger charge is -2.13. The molecule has 0 spiro atoms. The van der Waals surface area contributed by atoms with E-state index in [1.54, 1.807) is 25.3 Å². The van der Waals surface area contributed by atoms with Crippen LogP contribution in [0.5, 0.6) is 23.0 Å². The van der Waals surface area contributed by atoms with Gasteiger partial charge in [0, 0.05) is 29.6 Å². The van der Waals surface area contributed by atoms with Gasteiger partial charge in [-0.15, -0.1) is 0 Å². The highest BCUT2D eigenvalue weighted by Crippen LogP contribution is 2.38. The van der Waals surface area contributed by atoms with Crippen LogP contribution in [0.1, 0.15) is 17.3 Å². The first kappa shape index (κ1) is 22.1. The highest BCUT2D eigenvalue weighted by atomic mass is 16.5. The second-order valence-corrected chi connectivity index (χ2v) is 7.23. The molecule has 4 rings (SSSR count). The Labute approximate surface area is 191 Å². The first-order valence-corrected chi connectivity index (χ1v) is 10.4. The Hall–Kier alpha value is -4.14. The van der Waals surface area contributed by atoms with Crippen molar-refractivity contribution in [2.75, 3.05) is 33.8 Å². The van der Waals surface area contributed by atoms with Gasteiger partial charge in [-0.3, -0.25) is 9.89 Å². The van der Waals surface area contributed by atoms with Gasteiger partial charge in [-0.1, -0.05) is 0 Å². The van der Waals surface area contributed by atoms with Crippen molar-refractivity contribution in [3.63, 3.8) is 0 Å². The summed E-state index contributed by atoms with van der Waals surface area (Å²) in [5, 5.41) is 11.2. The summed E-state index contributed by atoms with van der Waals surface area (Å²) in [5.41, 5.74) is 3.15. The Morgan fingerprint density at radius 2 is 1.70 bits per heavy atom. The molecule has 0 aliphatic heterocycles. The number of nitrogens with zero attached hydrogens (tertiary/aromatic N) is 2. The number of amides is 1. The fourth-order valence-electron chi connectivity index (χ4n) is 3.84. The smallest absolute Gasteiger partial charge is 0.257 e. The molecule has 9 nitrogen and oxygen atoms in total. The summed E-state index contributed by atoms with van der Waals surface area (Å²) in [7, 11) is 6.17. The Bertz CT molecular complexity index is 1280. The van der Waals surface area contributed by atoms with Crippen molar-refractivity contribution in [1.29, 1.82) is 0 Å². The number of carbonyl (C=O) groups excluding carboxylic acids is 1. The van der Waals surface area contributed by atoms with E-state index >= 15 is 0 Å². The average Bonchev–Trinajstić information content (AvgIpc) is 3.46. The Morgan fingerprint density at radius 1 is 0.970 bits per heavy atom. The van der Waals surface area contributed by atoms with Crippen LogP contribution in [0.25, 0.3) is 22.3 Å². The molecule has 0 aliphatic rings. The van der Waals surface area contributed by atoms with E-state index in [0.717, 1.165) is 34.6 Å². The number of aromatic amines is 1. The van der Waals surface area contributed by atoms with E-state index in [1.165, 1.54) is 21.3 Å². The van der Waals surface area contributed by atoms with Crippen LogP contribution in [0.4, 0.5) is 5.82 Å². The molecule has 0 saturated carbocycles. The standard InChI is InChI=1S/C24H26N4O5/c1-6-28-18-12-16(30-2)8-7-14(18)9-19(28)17-13-22(27-26-17)25-24(29)15-10-20(31-3)23(33-5)21(11-15)32-4/h7-13H,6H2,1-5H3,(H2,25,26,27,29). The molecule has 4 aromatic rings. The topological polar surface area (TPSA) is 99.6 Å². The normalized spacial score (nSPS) is 10.8. The molecule has 0 fully saturated rings. The molecule has 0 unspecified atom stereocenters. The summed E-state index contributed by atoms with van der Waals surface area (Å²) >= 11 is 0. The fourth-order valence-corrected chi connectivity index (χ4v) is 3.84. The predicted octanol–water partition coefficient (Wildman–Crippen LogP) is 4.34. The maximum Gasteiger partial charge on any atom is 0.257 e. The van der Waals surface area contributed by atoms with E-state index in [2.05, 4.69) is 33.1 Å². The lowest BCUT2D eigenvalue weighted by molar-refractivity contribution is 0.102. The van der Waals surface area contributed by atoms with E-state index in [0.29, 0.717) is 28.6 Å². The molecule has 0 atom stereocenters. The zero-order valence-corrected chi connectivity index (χ0v) is 19.2. The molecule has 2 heterocycles. The number of benzene rings is 2. The van der Waals surface area contributed by atoms with Crippen molar-refractivity contribution < 1.29 is 23.7 Å². The maximum atomic E-state index is 12.9. The van der Waals surface area contributed by atoms with Gasteiger partial charge < -0.3 is 28.8 Å². The molecule has 0 aliphatic carbocycles. The highest BCUT2D eigenvalue weighted by Gasteiger charge is 2.19. The van der Waals surface area contributed by atoms with Gasteiger partial charge in [0.05, 0.1) is 45.3 Å². The van der Waals surface area contributed by atoms with Crippen molar-refractivity contribution in [2.24, 2.45) is 0 Å². The first-order valence-electron chi connectivity index (χ1n) is 10.4. The van der Waals surface area contributed by atoms with Gasteiger partial charge in [0.2, 0.25) is 5.75 Å². The molecule has 0 bridgehead atoms. The number of H-pyrrole nitrogens is 1. The van der Waals surface area contributed by atoms with Gasteiger partial charge in [0.25, 0.3) is 5.91 Å². The summed E-state index contributed by atoms with van der Waals surface area (Å²) in [5.74, 6) is 2.05. The van der Waals surface area contributed by atoms with E-state index < -0.39 is 0 Å². The quantitative estimate of drug-likeness (QED) is 0.414. The van der Waals surface area contributed by atoms with Gasteiger partial charge in [-0.2, -0.15) is 5.10 Å². The van der Waals surface area contributed by atoms with Crippen molar-refractivity contribution in [3.8, 4) is 34.4 Å². The number of rotatable bonds is 8. The number of ether oxygens (including phenoxy) is 4. The minimum Gasteiger partial charge on any atom is -0.497 e. The van der Waals surface area contributed by atoms with Crippen LogP contribution in [0.3, 0.4) is 0 Å². The molecule has 172 valence electrons. The zero-order valence-electron chi connectivity index (χ0n) is 19.2. The highest BCUT2D eigenvalue weighted by molar-refractivity contribution is 6.05. The van der Waals surface area contributed by atoms with Gasteiger partial charge in [-0.25, -0.2) is 0 Å². The molecule has 2 aromatic heterocycles. The van der Waals surface area contributed by atoms with Gasteiger partial charge in [0.1, 0.15) is 5.75 Å². The number of methoxy groups -OCH3 is 4. The van der Waals surface area contributed by atoms with Crippen LogP contribution < -0.4 is 24.3 Å². The molecule has 2 aromatic carbocycles. The summed E-state index contributed by atoms with van der Waals surface area (Å²) in [4.78, 5) is 12.9. The SMILES string of the molecule is CCn1c(-c2cc(NC(=O)c3cc(OC)c(OC)c(OC)c3)n[nH]2)cc2ccc(OC)cc21. The monoisotopic (exact) mass is 450 g/mol. The Morgan fingerprint density at radius 3 is 2.30 bits per heavy atom. The first-order chi connectivity index (χ1) is 16.0. The molecule has 0 saturated heterocycles. The van der Waals surface area contributed by atoms with Crippen LogP contribution >= 0.6 is 0 Å². The van der Waals surface area contributed by atoms with Gasteiger partial charge >= 0.3 is 0 Å². The molecular formula is C24H26N4O5. The zero-order chi connectivity index (χ0) is 23.5. The number of aromatic nitrogens is 3. The van der Waals surface area contributed by atoms with E-state index in [-0.39, 0.29) is 5.91 Å². The number of fused-ring (bicyclic) bond motifs is 1. The molecular weight excluding hydrogens is 424 g/mol. The van der Waals surface area contributed by atoms with Gasteiger partial charge in [0.15, 0.2) is 17.3 Å². The van der Waals surface area contributed by atoms with Crippen LogP contribution in [-0.2, 0) is 6.54 Å². The Kier molecular flexibility index (Phi) is 6.12. The van der Waals surface area contributed by atoms with Crippen molar-refractivity contribution in [2.45, 2.75) is 13.5 Å². The van der Waals surface area contributed by atoms with Crippen LogP contribution in [0.2, 0.25) is 0 Å². The predicted molar refractivity (Wildman–Crippen MR) is 126 cm³/mol. The fraction of sp³-hybridized carbons (Fsp3) is 0.250. The van der Waals surface area contributed by atoms with E-state index in [1.807, 2.05) is 18.2 Å². The third-order valence-electron chi connectivity index (χ3n) is 5.45. The Balaban J connectivity index is 1.63. The summed E-state index contributed by atoms with van der Waals surface area (Å²) in [6.45, 7) is 2.84. The largest absolute Gasteiger partial charge is 0.497 e. The number of hydrogen-bond donors (Lipinski definition) is 2. The molecule has 2 N–H and O–H groups in total. The second kappa shape index (κ2) is 9.15. The number of hydrogen-bond acceptors (Lipinski definition) is 6. The number of anilines is 1. The van der Waals surface area contributed by atoms with Crippen LogP contribution in [-0.4, -0.2) is 49.1 Å². The lowest BCUT2D eigenvalue weighted by atomic mass is 10.1. The summed E-state index contributed by atoms with van der Waals surface area (Å²) in [6, 6.07) is 13.0. The lowest BCUT2D eigenvalue weighted by Crippen LogP contribution is -2.13. The number of nitrogens with one attached hydrogen (secondary N) is 2. The molecule has 9 heteroatoms. The number of carbonyl (C=O) groups is 1. The van der Waals surface area contributed by atoms with Crippen molar-refractivity contribution >= 4 is 22.6 Å². The van der Waals surface area contributed by atoms with Gasteiger partial charge in [-0.05, 0) is 37.3 Å². The van der Waals surface area contributed by atoms with Crippen molar-refractivity contribution in [3.05, 3.63) is 48.0 Å². The second-order valence-electron chi connectivity index (χ2n) is 7.23.